The van der Waals surface area contributed by atoms with E-state index in [9.17, 15) is 18.0 Å². The number of hydrogen-bond donors (Lipinski definition) is 0. The first-order valence-electron chi connectivity index (χ1n) is 8.08. The van der Waals surface area contributed by atoms with E-state index in [2.05, 4.69) is 0 Å². The van der Waals surface area contributed by atoms with Gasteiger partial charge in [-0.05, 0) is 29.3 Å². The third-order valence-corrected chi connectivity index (χ3v) is 7.23. The summed E-state index contributed by atoms with van der Waals surface area (Å²) in [6.07, 6.45) is 0.254. The first-order valence-corrected chi connectivity index (χ1v) is 10.4. The molecule has 1 aliphatic heterocycles. The molecular formula is C18H19NO5S2. The minimum atomic E-state index is -3.90. The van der Waals surface area contributed by atoms with Crippen LogP contribution in [0.15, 0.2) is 47.4 Å². The van der Waals surface area contributed by atoms with Crippen LogP contribution in [0.3, 0.4) is 0 Å². The lowest BCUT2D eigenvalue weighted by Gasteiger charge is -2.22. The second-order valence-corrected chi connectivity index (χ2v) is 9.46. The number of rotatable bonds is 4. The van der Waals surface area contributed by atoms with Crippen molar-refractivity contribution in [2.24, 2.45) is 0 Å². The Labute approximate surface area is 156 Å². The fraction of sp³-hybridized carbons (Fsp3) is 0.333. The summed E-state index contributed by atoms with van der Waals surface area (Å²) in [5, 5.41) is 1.36. The standard InChI is InChI=1S/C18H19NO5S2/c1-12(20)25-15-10-17(18(21)24-2)19(11-15)26(22,23)16-8-7-13-5-3-4-6-14(13)9-16/h3-9,15,17H,10-11H2,1-2H3/t15-,17?/m0/s1. The number of hydrogen-bond acceptors (Lipinski definition) is 6. The number of carbonyl (C=O) groups is 2. The van der Waals surface area contributed by atoms with Crippen LogP contribution in [0.25, 0.3) is 10.8 Å². The zero-order valence-electron chi connectivity index (χ0n) is 14.4. The van der Waals surface area contributed by atoms with Crippen LogP contribution in [0.5, 0.6) is 0 Å². The number of thioether (sulfide) groups is 1. The number of fused-ring (bicyclic) bond motifs is 1. The van der Waals surface area contributed by atoms with E-state index in [1.165, 1.54) is 20.1 Å². The maximum Gasteiger partial charge on any atom is 0.324 e. The lowest BCUT2D eigenvalue weighted by atomic mass is 10.1. The number of carbonyl (C=O) groups excluding carboxylic acids is 2. The van der Waals surface area contributed by atoms with Gasteiger partial charge in [-0.25, -0.2) is 8.42 Å². The van der Waals surface area contributed by atoms with Crippen molar-refractivity contribution in [1.82, 2.24) is 4.31 Å². The van der Waals surface area contributed by atoms with Crippen molar-refractivity contribution in [2.75, 3.05) is 13.7 Å². The lowest BCUT2D eigenvalue weighted by molar-refractivity contribution is -0.144. The summed E-state index contributed by atoms with van der Waals surface area (Å²) < 4.78 is 32.3. The molecule has 0 amide bonds. The third-order valence-electron chi connectivity index (χ3n) is 4.35. The summed E-state index contributed by atoms with van der Waals surface area (Å²) in [5.74, 6) is -0.610. The van der Waals surface area contributed by atoms with Crippen LogP contribution in [-0.4, -0.2) is 48.8 Å². The first kappa shape index (κ1) is 18.9. The summed E-state index contributed by atoms with van der Waals surface area (Å²) in [6.45, 7) is 1.53. The van der Waals surface area contributed by atoms with Gasteiger partial charge < -0.3 is 4.74 Å². The van der Waals surface area contributed by atoms with Gasteiger partial charge >= 0.3 is 5.97 Å². The monoisotopic (exact) mass is 393 g/mol. The average Bonchev–Trinajstić information content (AvgIpc) is 3.04. The van der Waals surface area contributed by atoms with Crippen molar-refractivity contribution < 1.29 is 22.7 Å². The molecule has 2 aromatic carbocycles. The van der Waals surface area contributed by atoms with Gasteiger partial charge in [0.15, 0.2) is 5.12 Å². The highest BCUT2D eigenvalue weighted by atomic mass is 32.2. The zero-order chi connectivity index (χ0) is 18.9. The highest BCUT2D eigenvalue weighted by molar-refractivity contribution is 8.14. The number of nitrogens with zero attached hydrogens (tertiary/aromatic N) is 1. The molecule has 0 aromatic heterocycles. The molecule has 0 spiro atoms. The molecule has 0 aliphatic carbocycles. The number of methoxy groups -OCH3 is 1. The molecular weight excluding hydrogens is 374 g/mol. The average molecular weight is 393 g/mol. The van der Waals surface area contributed by atoms with Crippen molar-refractivity contribution in [3.05, 3.63) is 42.5 Å². The van der Waals surface area contributed by atoms with E-state index in [1.807, 2.05) is 24.3 Å². The first-order chi connectivity index (χ1) is 12.3. The van der Waals surface area contributed by atoms with Crippen LogP contribution in [0.4, 0.5) is 0 Å². The van der Waals surface area contributed by atoms with Crippen molar-refractivity contribution >= 4 is 43.6 Å². The highest BCUT2D eigenvalue weighted by Gasteiger charge is 2.45. The Hall–Kier alpha value is -1.90. The minimum Gasteiger partial charge on any atom is -0.468 e. The molecule has 1 aliphatic rings. The van der Waals surface area contributed by atoms with E-state index in [4.69, 9.17) is 4.74 Å². The number of sulfonamides is 1. The van der Waals surface area contributed by atoms with Gasteiger partial charge in [0.1, 0.15) is 6.04 Å². The predicted molar refractivity (Wildman–Crippen MR) is 100 cm³/mol. The van der Waals surface area contributed by atoms with Gasteiger partial charge in [-0.2, -0.15) is 4.31 Å². The molecule has 0 radical (unpaired) electrons. The normalized spacial score (nSPS) is 21.0. The van der Waals surface area contributed by atoms with Gasteiger partial charge in [-0.3, -0.25) is 9.59 Å². The second-order valence-electron chi connectivity index (χ2n) is 6.09. The summed E-state index contributed by atoms with van der Waals surface area (Å²) in [4.78, 5) is 23.6. The number of ether oxygens (including phenoxy) is 1. The van der Waals surface area contributed by atoms with Crippen molar-refractivity contribution in [3.63, 3.8) is 0 Å². The molecule has 138 valence electrons. The number of benzene rings is 2. The lowest BCUT2D eigenvalue weighted by Crippen LogP contribution is -2.41. The largest absolute Gasteiger partial charge is 0.468 e. The molecule has 0 bridgehead atoms. The Morgan fingerprint density at radius 2 is 1.85 bits per heavy atom. The van der Waals surface area contributed by atoms with Crippen LogP contribution in [0, 0.1) is 0 Å². The molecule has 0 saturated carbocycles. The maximum absolute atomic E-state index is 13.2. The van der Waals surface area contributed by atoms with Crippen molar-refractivity contribution in [3.8, 4) is 0 Å². The fourth-order valence-electron chi connectivity index (χ4n) is 3.17. The van der Waals surface area contributed by atoms with Crippen LogP contribution >= 0.6 is 11.8 Å². The van der Waals surface area contributed by atoms with Gasteiger partial charge in [0, 0.05) is 18.7 Å². The second kappa shape index (κ2) is 7.38. The molecule has 6 nitrogen and oxygen atoms in total. The molecule has 1 unspecified atom stereocenters. The molecule has 1 heterocycles. The van der Waals surface area contributed by atoms with Crippen molar-refractivity contribution in [2.45, 2.75) is 29.5 Å². The molecule has 1 saturated heterocycles. The van der Waals surface area contributed by atoms with Gasteiger partial charge in [-0.1, -0.05) is 42.1 Å². The Balaban J connectivity index is 1.98. The SMILES string of the molecule is COC(=O)C1C[C@H](SC(C)=O)CN1S(=O)(=O)c1ccc2ccccc2c1. The highest BCUT2D eigenvalue weighted by Crippen LogP contribution is 2.33. The predicted octanol–water partition coefficient (Wildman–Crippen LogP) is 2.42. The van der Waals surface area contributed by atoms with Crippen LogP contribution in [0.1, 0.15) is 13.3 Å². The van der Waals surface area contributed by atoms with E-state index < -0.39 is 22.0 Å². The summed E-state index contributed by atoms with van der Waals surface area (Å²) in [5.41, 5.74) is 0. The Morgan fingerprint density at radius 1 is 1.15 bits per heavy atom. The number of esters is 1. The van der Waals surface area contributed by atoms with Gasteiger partial charge in [0.2, 0.25) is 10.0 Å². The maximum atomic E-state index is 13.2. The zero-order valence-corrected chi connectivity index (χ0v) is 16.0. The molecule has 0 N–H and O–H groups in total. The smallest absolute Gasteiger partial charge is 0.324 e. The molecule has 8 heteroatoms. The van der Waals surface area contributed by atoms with Gasteiger partial charge in [0.25, 0.3) is 0 Å². The van der Waals surface area contributed by atoms with E-state index in [0.717, 1.165) is 26.8 Å². The molecule has 3 rings (SSSR count). The Morgan fingerprint density at radius 3 is 2.50 bits per heavy atom. The van der Waals surface area contributed by atoms with Crippen LogP contribution in [-0.2, 0) is 24.3 Å². The topological polar surface area (TPSA) is 80.8 Å². The fourth-order valence-corrected chi connectivity index (χ4v) is 5.92. The van der Waals surface area contributed by atoms with E-state index in [1.54, 1.807) is 12.1 Å². The van der Waals surface area contributed by atoms with Crippen molar-refractivity contribution in [1.29, 1.82) is 0 Å². The van der Waals surface area contributed by atoms with E-state index in [-0.39, 0.29) is 28.2 Å². The molecule has 2 aromatic rings. The van der Waals surface area contributed by atoms with Crippen LogP contribution < -0.4 is 0 Å². The minimum absolute atomic E-state index is 0.0964. The summed E-state index contributed by atoms with van der Waals surface area (Å²) in [7, 11) is -2.66. The van der Waals surface area contributed by atoms with Crippen LogP contribution in [0.2, 0.25) is 0 Å². The molecule has 1 fully saturated rings. The quantitative estimate of drug-likeness (QED) is 0.742. The summed E-state index contributed by atoms with van der Waals surface area (Å²) in [6, 6.07) is 11.4. The Bertz CT molecular complexity index is 957. The van der Waals surface area contributed by atoms with E-state index in [0.29, 0.717) is 0 Å². The Kier molecular flexibility index (Phi) is 5.36. The van der Waals surface area contributed by atoms with Gasteiger partial charge in [0.05, 0.1) is 12.0 Å². The summed E-state index contributed by atoms with van der Waals surface area (Å²) >= 11 is 1.06. The van der Waals surface area contributed by atoms with E-state index >= 15 is 0 Å². The third kappa shape index (κ3) is 3.62. The molecule has 2 atom stereocenters. The molecule has 26 heavy (non-hydrogen) atoms. The van der Waals surface area contributed by atoms with Gasteiger partial charge in [-0.15, -0.1) is 0 Å².